The van der Waals surface area contributed by atoms with E-state index in [2.05, 4.69) is 36.3 Å². The van der Waals surface area contributed by atoms with Crippen molar-refractivity contribution in [3.63, 3.8) is 0 Å². The highest BCUT2D eigenvalue weighted by Gasteiger charge is 2.19. The summed E-state index contributed by atoms with van der Waals surface area (Å²) in [6.07, 6.45) is 3.63. The van der Waals surface area contributed by atoms with E-state index in [1.54, 1.807) is 0 Å². The summed E-state index contributed by atoms with van der Waals surface area (Å²) in [6, 6.07) is 5.22. The van der Waals surface area contributed by atoms with Crippen molar-refractivity contribution < 1.29 is 4.74 Å². The molecule has 1 aromatic rings. The normalized spacial score (nSPS) is 22.1. The highest BCUT2D eigenvalue weighted by Crippen LogP contribution is 2.32. The molecule has 1 aliphatic carbocycles. The molecule has 0 saturated carbocycles. The molecule has 0 bridgehead atoms. The molecule has 3 heteroatoms. The van der Waals surface area contributed by atoms with Crippen molar-refractivity contribution in [1.29, 1.82) is 0 Å². The molecular formula is C15H20N2O. The molecule has 3 rings (SSSR count). The van der Waals surface area contributed by atoms with Crippen molar-refractivity contribution in [2.24, 2.45) is 10.9 Å². The molecule has 1 unspecified atom stereocenters. The molecule has 0 amide bonds. The summed E-state index contributed by atoms with van der Waals surface area (Å²) >= 11 is 0. The second kappa shape index (κ2) is 4.63. The number of nitrogens with one attached hydrogen (secondary N) is 1. The Balaban J connectivity index is 1.93. The van der Waals surface area contributed by atoms with Gasteiger partial charge in [0.1, 0.15) is 6.61 Å². The van der Waals surface area contributed by atoms with E-state index >= 15 is 0 Å². The van der Waals surface area contributed by atoms with Gasteiger partial charge in [-0.3, -0.25) is 0 Å². The largest absolute Gasteiger partial charge is 0.463 e. The van der Waals surface area contributed by atoms with Crippen LogP contribution < -0.4 is 5.32 Å². The van der Waals surface area contributed by atoms with E-state index in [9.17, 15) is 0 Å². The van der Waals surface area contributed by atoms with Crippen molar-refractivity contribution in [3.05, 3.63) is 28.8 Å². The number of nitrogens with zero attached hydrogens (tertiary/aromatic N) is 1. The molecule has 0 fully saturated rings. The highest BCUT2D eigenvalue weighted by atomic mass is 16.5. The van der Waals surface area contributed by atoms with Crippen LogP contribution in [-0.4, -0.2) is 19.2 Å². The number of hydrogen-bond donors (Lipinski definition) is 1. The Morgan fingerprint density at radius 2 is 2.28 bits per heavy atom. The molecule has 1 aromatic carbocycles. The first-order valence-corrected chi connectivity index (χ1v) is 6.79. The molecule has 0 spiro atoms. The lowest BCUT2D eigenvalue weighted by molar-refractivity contribution is 0.346. The Kier molecular flexibility index (Phi) is 2.98. The number of rotatable bonds is 1. The third kappa shape index (κ3) is 2.22. The molecular weight excluding hydrogens is 224 g/mol. The molecule has 1 atom stereocenters. The van der Waals surface area contributed by atoms with Crippen molar-refractivity contribution in [3.8, 4) is 0 Å². The third-order valence-corrected chi connectivity index (χ3v) is 3.77. The average Bonchev–Trinajstić information content (AvgIpc) is 2.80. The van der Waals surface area contributed by atoms with Gasteiger partial charge in [-0.05, 0) is 54.9 Å². The summed E-state index contributed by atoms with van der Waals surface area (Å²) in [7, 11) is 0. The first-order valence-electron chi connectivity index (χ1n) is 6.79. The zero-order valence-corrected chi connectivity index (χ0v) is 11.1. The summed E-state index contributed by atoms with van der Waals surface area (Å²) in [5.41, 5.74) is 5.45. The van der Waals surface area contributed by atoms with Crippen molar-refractivity contribution in [2.45, 2.75) is 33.1 Å². The van der Waals surface area contributed by atoms with Crippen molar-refractivity contribution >= 4 is 11.7 Å². The minimum Gasteiger partial charge on any atom is -0.463 e. The van der Waals surface area contributed by atoms with Crippen LogP contribution in [0.1, 0.15) is 30.0 Å². The van der Waals surface area contributed by atoms with Crippen LogP contribution >= 0.6 is 0 Å². The van der Waals surface area contributed by atoms with Crippen molar-refractivity contribution in [2.75, 3.05) is 18.5 Å². The van der Waals surface area contributed by atoms with Gasteiger partial charge in [-0.25, -0.2) is 4.99 Å². The molecule has 18 heavy (non-hydrogen) atoms. The lowest BCUT2D eigenvalue weighted by atomic mass is 9.83. The SMILES string of the molecule is Cc1cc2c(c(NC3=NCCO3)c1)CCC(C)C2. The first kappa shape index (κ1) is 11.6. The van der Waals surface area contributed by atoms with Gasteiger partial charge in [0.2, 0.25) is 0 Å². The van der Waals surface area contributed by atoms with E-state index < -0.39 is 0 Å². The predicted octanol–water partition coefficient (Wildman–Crippen LogP) is 2.92. The van der Waals surface area contributed by atoms with E-state index in [-0.39, 0.29) is 0 Å². The second-order valence-electron chi connectivity index (χ2n) is 5.46. The number of anilines is 1. The number of benzene rings is 1. The van der Waals surface area contributed by atoms with E-state index in [0.717, 1.165) is 18.9 Å². The quantitative estimate of drug-likeness (QED) is 0.824. The Labute approximate surface area is 108 Å². The lowest BCUT2D eigenvalue weighted by Crippen LogP contribution is -2.18. The van der Waals surface area contributed by atoms with Crippen LogP contribution in [0.15, 0.2) is 17.1 Å². The zero-order chi connectivity index (χ0) is 12.5. The van der Waals surface area contributed by atoms with Crippen LogP contribution in [0.5, 0.6) is 0 Å². The summed E-state index contributed by atoms with van der Waals surface area (Å²) < 4.78 is 5.45. The summed E-state index contributed by atoms with van der Waals surface area (Å²) in [5, 5.41) is 3.35. The van der Waals surface area contributed by atoms with Crippen LogP contribution in [0.4, 0.5) is 5.69 Å². The minimum atomic E-state index is 0.682. The van der Waals surface area contributed by atoms with Gasteiger partial charge in [-0.15, -0.1) is 0 Å². The molecule has 3 nitrogen and oxygen atoms in total. The first-order chi connectivity index (χ1) is 8.72. The van der Waals surface area contributed by atoms with Gasteiger partial charge in [-0.2, -0.15) is 0 Å². The Bertz CT molecular complexity index is 494. The van der Waals surface area contributed by atoms with Crippen molar-refractivity contribution in [1.82, 2.24) is 0 Å². The van der Waals surface area contributed by atoms with Crippen LogP contribution in [0, 0.1) is 12.8 Å². The van der Waals surface area contributed by atoms with E-state index in [1.807, 2.05) is 0 Å². The standard InChI is InChI=1S/C15H20N2O/c1-10-3-4-13-12(7-10)8-11(2)9-14(13)17-15-16-5-6-18-15/h8-10H,3-7H2,1-2H3,(H,16,17). The molecule has 2 aliphatic rings. The van der Waals surface area contributed by atoms with Gasteiger partial charge in [0.25, 0.3) is 6.02 Å². The number of aryl methyl sites for hydroxylation is 1. The number of hydrogen-bond acceptors (Lipinski definition) is 3. The lowest BCUT2D eigenvalue weighted by Gasteiger charge is -2.25. The molecule has 96 valence electrons. The molecule has 0 radical (unpaired) electrons. The number of ether oxygens (including phenoxy) is 1. The van der Waals surface area contributed by atoms with Gasteiger partial charge in [0, 0.05) is 5.69 Å². The molecule has 1 N–H and O–H groups in total. The Morgan fingerprint density at radius 1 is 1.39 bits per heavy atom. The third-order valence-electron chi connectivity index (χ3n) is 3.77. The number of amidine groups is 1. The second-order valence-corrected chi connectivity index (χ2v) is 5.46. The Morgan fingerprint density at radius 3 is 3.06 bits per heavy atom. The summed E-state index contributed by atoms with van der Waals surface area (Å²) in [4.78, 5) is 4.31. The monoisotopic (exact) mass is 244 g/mol. The average molecular weight is 244 g/mol. The number of aliphatic imine (C=N–C) groups is 1. The molecule has 0 aromatic heterocycles. The summed E-state index contributed by atoms with van der Waals surface area (Å²) in [6.45, 7) is 5.96. The van der Waals surface area contributed by atoms with Gasteiger partial charge < -0.3 is 10.1 Å². The van der Waals surface area contributed by atoms with Gasteiger partial charge in [0.05, 0.1) is 6.54 Å². The maximum atomic E-state index is 5.45. The zero-order valence-electron chi connectivity index (χ0n) is 11.1. The van der Waals surface area contributed by atoms with Gasteiger partial charge in [-0.1, -0.05) is 13.0 Å². The fourth-order valence-corrected chi connectivity index (χ4v) is 2.87. The maximum Gasteiger partial charge on any atom is 0.289 e. The van der Waals surface area contributed by atoms with Crippen LogP contribution in [0.2, 0.25) is 0 Å². The smallest absolute Gasteiger partial charge is 0.289 e. The molecule has 1 heterocycles. The van der Waals surface area contributed by atoms with Crippen LogP contribution in [-0.2, 0) is 17.6 Å². The van der Waals surface area contributed by atoms with Gasteiger partial charge in [0.15, 0.2) is 0 Å². The number of fused-ring (bicyclic) bond motifs is 1. The predicted molar refractivity (Wildman–Crippen MR) is 74.2 cm³/mol. The Hall–Kier alpha value is -1.51. The van der Waals surface area contributed by atoms with E-state index in [1.165, 1.54) is 35.2 Å². The van der Waals surface area contributed by atoms with E-state index in [0.29, 0.717) is 12.6 Å². The molecule has 1 aliphatic heterocycles. The van der Waals surface area contributed by atoms with Gasteiger partial charge >= 0.3 is 0 Å². The van der Waals surface area contributed by atoms with E-state index in [4.69, 9.17) is 4.74 Å². The minimum absolute atomic E-state index is 0.682. The molecule has 0 saturated heterocycles. The highest BCUT2D eigenvalue weighted by molar-refractivity contribution is 5.91. The van der Waals surface area contributed by atoms with Crippen LogP contribution in [0.3, 0.4) is 0 Å². The fourth-order valence-electron chi connectivity index (χ4n) is 2.87. The van der Waals surface area contributed by atoms with Crippen LogP contribution in [0.25, 0.3) is 0 Å². The maximum absolute atomic E-state index is 5.45. The topological polar surface area (TPSA) is 33.6 Å². The fraction of sp³-hybridized carbons (Fsp3) is 0.533. The summed E-state index contributed by atoms with van der Waals surface area (Å²) in [5.74, 6) is 0.798.